The number of hydrogen-bond donors (Lipinski definition) is 1. The molecule has 0 saturated carbocycles. The van der Waals surface area contributed by atoms with Crippen LogP contribution in [0.25, 0.3) is 0 Å². The van der Waals surface area contributed by atoms with Gasteiger partial charge in [0.15, 0.2) is 11.5 Å². The van der Waals surface area contributed by atoms with Gasteiger partial charge in [-0.1, -0.05) is 47.5 Å². The number of aromatic nitrogens is 1. The molecule has 2 aromatic carbocycles. The number of carbonyl (C=O) groups is 1. The van der Waals surface area contributed by atoms with Crippen LogP contribution in [0.1, 0.15) is 45.6 Å². The summed E-state index contributed by atoms with van der Waals surface area (Å²) in [4.78, 5) is 18.6. The zero-order valence-electron chi connectivity index (χ0n) is 22.1. The van der Waals surface area contributed by atoms with Gasteiger partial charge in [-0.3, -0.25) is 4.98 Å². The van der Waals surface area contributed by atoms with Crippen molar-refractivity contribution in [2.75, 3.05) is 5.32 Å². The second kappa shape index (κ2) is 14.3. The van der Waals surface area contributed by atoms with Crippen molar-refractivity contribution < 1.29 is 27.8 Å². The van der Waals surface area contributed by atoms with Gasteiger partial charge in [-0.25, -0.2) is 4.79 Å². The number of ether oxygens (including phenoxy) is 3. The van der Waals surface area contributed by atoms with Crippen molar-refractivity contribution in [3.05, 3.63) is 97.9 Å². The number of carbonyl (C=O) groups excluding carboxylic acids is 1. The molecule has 4 rings (SSSR count). The SMILES string of the molecule is CC(C)Oc1cc([C@H](Cc2c(Cl)cncc2Cl)OC(=O)c2ccc(CNc3ccccc3P)s2)ccc1OC(F)F. The Morgan fingerprint density at radius 1 is 1.02 bits per heavy atom. The van der Waals surface area contributed by atoms with E-state index in [-0.39, 0.29) is 24.0 Å². The van der Waals surface area contributed by atoms with Crippen LogP contribution in [0.3, 0.4) is 0 Å². The van der Waals surface area contributed by atoms with E-state index >= 15 is 0 Å². The van der Waals surface area contributed by atoms with E-state index in [1.807, 2.05) is 30.3 Å². The number of hydrogen-bond acceptors (Lipinski definition) is 7. The Hall–Kier alpha value is -2.97. The third-order valence-electron chi connectivity index (χ3n) is 5.79. The molecule has 0 aliphatic heterocycles. The van der Waals surface area contributed by atoms with E-state index in [4.69, 9.17) is 32.7 Å². The molecule has 0 amide bonds. The van der Waals surface area contributed by atoms with Crippen LogP contribution in [0, 0.1) is 0 Å². The van der Waals surface area contributed by atoms with Crippen LogP contribution in [0.15, 0.2) is 67.0 Å². The standard InChI is InChI=1S/C29H27Cl2F2N2O4PS/c1-16(2)37-25-11-17(7-9-23(25)39-29(32)33)24(12-19-20(30)14-34-15-21(19)31)38-28(36)27-10-8-18(41-27)13-35-22-5-3-4-6-26(22)40/h3-11,14-16,24,29,35H,12-13,40H2,1-2H3/t24-/m0/s1. The number of pyridine rings is 1. The van der Waals surface area contributed by atoms with Crippen molar-refractivity contribution in [3.8, 4) is 11.5 Å². The lowest BCUT2D eigenvalue weighted by Gasteiger charge is -2.22. The molecule has 1 unspecified atom stereocenters. The van der Waals surface area contributed by atoms with E-state index < -0.39 is 18.7 Å². The Bertz CT molecular complexity index is 1490. The highest BCUT2D eigenvalue weighted by atomic mass is 35.5. The summed E-state index contributed by atoms with van der Waals surface area (Å²) < 4.78 is 42.4. The van der Waals surface area contributed by atoms with Gasteiger partial charge < -0.3 is 19.5 Å². The molecule has 2 aromatic heterocycles. The fourth-order valence-electron chi connectivity index (χ4n) is 3.92. The number of rotatable bonds is 12. The van der Waals surface area contributed by atoms with Crippen LogP contribution in [0.4, 0.5) is 14.5 Å². The number of thiophene rings is 1. The summed E-state index contributed by atoms with van der Waals surface area (Å²) in [6.07, 6.45) is 1.78. The number of halogens is 4. The second-order valence-electron chi connectivity index (χ2n) is 9.14. The summed E-state index contributed by atoms with van der Waals surface area (Å²) in [5.41, 5.74) is 1.97. The van der Waals surface area contributed by atoms with Crippen LogP contribution in [-0.2, 0) is 17.7 Å². The summed E-state index contributed by atoms with van der Waals surface area (Å²) in [6, 6.07) is 15.8. The average Bonchev–Trinajstić information content (AvgIpc) is 3.39. The maximum atomic E-state index is 13.3. The van der Waals surface area contributed by atoms with Crippen molar-refractivity contribution in [1.82, 2.24) is 4.98 Å². The molecule has 0 aliphatic rings. The van der Waals surface area contributed by atoms with Crippen molar-refractivity contribution in [3.63, 3.8) is 0 Å². The lowest BCUT2D eigenvalue weighted by atomic mass is 10.0. The Labute approximate surface area is 253 Å². The molecular weight excluding hydrogens is 612 g/mol. The number of nitrogens with one attached hydrogen (secondary N) is 1. The predicted octanol–water partition coefficient (Wildman–Crippen LogP) is 8.09. The van der Waals surface area contributed by atoms with Gasteiger partial charge in [0.05, 0.1) is 16.1 Å². The topological polar surface area (TPSA) is 69.7 Å². The summed E-state index contributed by atoms with van der Waals surface area (Å²) in [5.74, 6) is -0.604. The predicted molar refractivity (Wildman–Crippen MR) is 162 cm³/mol. The van der Waals surface area contributed by atoms with E-state index in [0.29, 0.717) is 32.6 Å². The van der Waals surface area contributed by atoms with Crippen molar-refractivity contribution in [2.45, 2.75) is 45.6 Å². The maximum absolute atomic E-state index is 13.3. The average molecular weight is 639 g/mol. The minimum absolute atomic E-state index is 0.0876. The fourth-order valence-corrected chi connectivity index (χ4v) is 5.58. The number of alkyl halides is 2. The molecular formula is C29H27Cl2F2N2O4PS. The molecule has 12 heteroatoms. The van der Waals surface area contributed by atoms with Gasteiger partial charge in [0, 0.05) is 35.9 Å². The molecule has 0 radical (unpaired) electrons. The van der Waals surface area contributed by atoms with Crippen LogP contribution in [-0.4, -0.2) is 23.7 Å². The fraction of sp³-hybridized carbons (Fsp3) is 0.241. The van der Waals surface area contributed by atoms with E-state index in [9.17, 15) is 13.6 Å². The van der Waals surface area contributed by atoms with Gasteiger partial charge in [0.25, 0.3) is 0 Å². The summed E-state index contributed by atoms with van der Waals surface area (Å²) in [5, 5.41) is 4.99. The van der Waals surface area contributed by atoms with E-state index in [1.54, 1.807) is 19.9 Å². The van der Waals surface area contributed by atoms with Gasteiger partial charge in [-0.2, -0.15) is 8.78 Å². The van der Waals surface area contributed by atoms with Crippen molar-refractivity contribution in [1.29, 1.82) is 0 Å². The first-order valence-electron chi connectivity index (χ1n) is 12.5. The van der Waals surface area contributed by atoms with Gasteiger partial charge in [-0.15, -0.1) is 20.6 Å². The molecule has 216 valence electrons. The molecule has 41 heavy (non-hydrogen) atoms. The lowest BCUT2D eigenvalue weighted by molar-refractivity contribution is -0.0519. The molecule has 0 aliphatic carbocycles. The van der Waals surface area contributed by atoms with Crippen LogP contribution in [0.5, 0.6) is 11.5 Å². The van der Waals surface area contributed by atoms with Crippen molar-refractivity contribution >= 4 is 60.7 Å². The molecule has 1 N–H and O–H groups in total. The minimum Gasteiger partial charge on any atom is -0.487 e. The normalized spacial score (nSPS) is 11.9. The van der Waals surface area contributed by atoms with E-state index in [1.165, 1.54) is 41.9 Å². The van der Waals surface area contributed by atoms with Gasteiger partial charge in [-0.05, 0) is 60.6 Å². The molecule has 0 bridgehead atoms. The molecule has 2 atom stereocenters. The monoisotopic (exact) mass is 638 g/mol. The third-order valence-corrected chi connectivity index (χ3v) is 8.01. The van der Waals surface area contributed by atoms with E-state index in [2.05, 4.69) is 24.3 Å². The highest BCUT2D eigenvalue weighted by Gasteiger charge is 2.25. The first kappa shape index (κ1) is 31.0. The number of anilines is 1. The largest absolute Gasteiger partial charge is 0.487 e. The lowest BCUT2D eigenvalue weighted by Crippen LogP contribution is -2.15. The number of esters is 1. The second-order valence-corrected chi connectivity index (χ2v) is 11.7. The number of benzene rings is 2. The molecule has 4 aromatic rings. The number of nitrogens with zero attached hydrogens (tertiary/aromatic N) is 1. The highest BCUT2D eigenvalue weighted by Crippen LogP contribution is 2.37. The molecule has 6 nitrogen and oxygen atoms in total. The van der Waals surface area contributed by atoms with E-state index in [0.717, 1.165) is 15.9 Å². The smallest absolute Gasteiger partial charge is 0.387 e. The molecule has 0 saturated heterocycles. The first-order valence-corrected chi connectivity index (χ1v) is 14.7. The molecule has 0 fully saturated rings. The maximum Gasteiger partial charge on any atom is 0.387 e. The summed E-state index contributed by atoms with van der Waals surface area (Å²) in [7, 11) is 2.68. The Morgan fingerprint density at radius 3 is 2.44 bits per heavy atom. The van der Waals surface area contributed by atoms with Crippen LogP contribution in [0.2, 0.25) is 10.0 Å². The Balaban J connectivity index is 1.60. The summed E-state index contributed by atoms with van der Waals surface area (Å²) >= 11 is 14.1. The highest BCUT2D eigenvalue weighted by molar-refractivity contribution is 7.28. The number of para-hydroxylation sites is 1. The molecule has 2 heterocycles. The zero-order valence-corrected chi connectivity index (χ0v) is 25.6. The quantitative estimate of drug-likeness (QED) is 0.125. The first-order chi connectivity index (χ1) is 19.6. The minimum atomic E-state index is -3.04. The van der Waals surface area contributed by atoms with Gasteiger partial charge in [0.2, 0.25) is 0 Å². The van der Waals surface area contributed by atoms with Crippen LogP contribution < -0.4 is 20.1 Å². The van der Waals surface area contributed by atoms with Crippen LogP contribution >= 0.6 is 43.8 Å². The van der Waals surface area contributed by atoms with Crippen molar-refractivity contribution in [2.24, 2.45) is 0 Å². The Kier molecular flexibility index (Phi) is 10.8. The van der Waals surface area contributed by atoms with Gasteiger partial charge in [0.1, 0.15) is 11.0 Å². The molecule has 0 spiro atoms. The Morgan fingerprint density at radius 2 is 1.76 bits per heavy atom. The zero-order chi connectivity index (χ0) is 29.5. The van der Waals surface area contributed by atoms with Gasteiger partial charge >= 0.3 is 12.6 Å². The summed E-state index contributed by atoms with van der Waals surface area (Å²) in [6.45, 7) is 1.00. The third kappa shape index (κ3) is 8.52.